The summed E-state index contributed by atoms with van der Waals surface area (Å²) in [5.41, 5.74) is 3.73. The molecule has 0 aliphatic heterocycles. The molecule has 9 atom stereocenters. The van der Waals surface area contributed by atoms with Gasteiger partial charge in [0.2, 0.25) is 5.91 Å². The molecule has 9 unspecified atom stereocenters. The van der Waals surface area contributed by atoms with Crippen molar-refractivity contribution in [2.24, 2.45) is 56.7 Å². The highest BCUT2D eigenvalue weighted by Crippen LogP contribution is 2.77. The second kappa shape index (κ2) is 14.6. The van der Waals surface area contributed by atoms with E-state index in [1.165, 1.54) is 11.1 Å². The molecule has 1 aromatic rings. The van der Waals surface area contributed by atoms with Crippen molar-refractivity contribution in [1.29, 1.82) is 0 Å². The average Bonchev–Trinajstić information content (AvgIpc) is 3.50. The number of carbonyl (C=O) groups is 4. The molecule has 296 valence electrons. The summed E-state index contributed by atoms with van der Waals surface area (Å²) in [4.78, 5) is 50.5. The molecule has 1 amide bonds. The first-order valence-electron chi connectivity index (χ1n) is 20.5. The highest BCUT2D eigenvalue weighted by molar-refractivity contribution is 5.88. The van der Waals surface area contributed by atoms with Crippen molar-refractivity contribution in [2.75, 3.05) is 26.2 Å². The lowest BCUT2D eigenvalue weighted by Gasteiger charge is -2.72. The molecule has 6 rings (SSSR count). The molecular weight excluding hydrogens is 681 g/mol. The maximum atomic E-state index is 14.6. The summed E-state index contributed by atoms with van der Waals surface area (Å²) in [5.74, 6) is -0.681. The zero-order valence-corrected chi connectivity index (χ0v) is 33.5. The minimum atomic E-state index is -0.924. The van der Waals surface area contributed by atoms with Crippen LogP contribution in [0.15, 0.2) is 42.5 Å². The Bertz CT molecular complexity index is 1680. The van der Waals surface area contributed by atoms with Gasteiger partial charge in [-0.05, 0) is 139 Å². The summed E-state index contributed by atoms with van der Waals surface area (Å²) in [6.07, 6.45) is 11.6. The van der Waals surface area contributed by atoms with Crippen LogP contribution in [0.5, 0.6) is 0 Å². The molecule has 0 aromatic heterocycles. The Kier molecular flexibility index (Phi) is 10.8. The molecular formula is C45H64N2O7. The number of carboxylic acid groups (broad SMARTS) is 3. The standard InChI is InChI=1S/C45H64N2O7/c1-28(2)31-14-21-45(40(54)46-24-27-47(25-17-36(48)49)26-18-37(50)51)23-22-43(6)33(38(31)45)12-13-35-42(5)19-15-32(29-8-10-30(11-9-29)39(52)53)41(3,4)34(42)16-20-44(35,43)7/h8-11,15,31,33-35,38H,1,12-14,16-27H2,2-7H3,(H,46,54)(H,48,49)(H,50,51)(H,52,53). The summed E-state index contributed by atoms with van der Waals surface area (Å²) in [6, 6.07) is 7.43. The maximum Gasteiger partial charge on any atom is 0.335 e. The molecule has 0 bridgehead atoms. The van der Waals surface area contributed by atoms with E-state index in [1.807, 2.05) is 17.0 Å². The number of hydrogen-bond donors (Lipinski definition) is 4. The lowest BCUT2D eigenvalue weighted by molar-refractivity contribution is -0.225. The molecule has 5 aliphatic carbocycles. The quantitative estimate of drug-likeness (QED) is 0.148. The van der Waals surface area contributed by atoms with Gasteiger partial charge in [0.25, 0.3) is 0 Å². The number of carbonyl (C=O) groups excluding carboxylic acids is 1. The van der Waals surface area contributed by atoms with E-state index >= 15 is 0 Å². The van der Waals surface area contributed by atoms with Crippen LogP contribution >= 0.6 is 0 Å². The van der Waals surface area contributed by atoms with E-state index in [4.69, 9.17) is 0 Å². The first-order valence-corrected chi connectivity index (χ1v) is 20.5. The van der Waals surface area contributed by atoms with Crippen LogP contribution in [0.1, 0.15) is 128 Å². The molecule has 9 heteroatoms. The second-order valence-corrected chi connectivity index (χ2v) is 19.2. The van der Waals surface area contributed by atoms with Crippen LogP contribution in [0.4, 0.5) is 0 Å². The van der Waals surface area contributed by atoms with E-state index in [-0.39, 0.29) is 59.4 Å². The number of carboxylic acids is 3. The molecule has 54 heavy (non-hydrogen) atoms. The molecule has 9 nitrogen and oxygen atoms in total. The molecule has 0 heterocycles. The van der Waals surface area contributed by atoms with Crippen molar-refractivity contribution in [3.05, 3.63) is 53.6 Å². The average molecular weight is 745 g/mol. The number of amides is 1. The first kappa shape index (κ1) is 40.2. The molecule has 1 aromatic carbocycles. The van der Waals surface area contributed by atoms with Crippen LogP contribution in [0.2, 0.25) is 0 Å². The zero-order valence-electron chi connectivity index (χ0n) is 33.5. The fourth-order valence-corrected chi connectivity index (χ4v) is 13.8. The number of rotatable bonds is 13. The Morgan fingerprint density at radius 1 is 0.796 bits per heavy atom. The third-order valence-electron chi connectivity index (χ3n) is 16.5. The molecule has 5 aliphatic rings. The van der Waals surface area contributed by atoms with Crippen molar-refractivity contribution >= 4 is 29.4 Å². The van der Waals surface area contributed by atoms with Gasteiger partial charge in [0.1, 0.15) is 0 Å². The molecule has 0 radical (unpaired) electrons. The van der Waals surface area contributed by atoms with Crippen LogP contribution in [0.3, 0.4) is 0 Å². The van der Waals surface area contributed by atoms with Crippen LogP contribution in [-0.4, -0.2) is 70.2 Å². The summed E-state index contributed by atoms with van der Waals surface area (Å²) in [6.45, 7) is 20.5. The number of nitrogens with zero attached hydrogens (tertiary/aromatic N) is 1. The SMILES string of the molecule is C=C(C)C1CCC2(C(=O)NCCN(CCC(=O)O)CCC(=O)O)CCC3(C)C(CCC4C5(C)CC=C(c6ccc(C(=O)O)cc6)C(C)(C)C5CCC43C)C12. The van der Waals surface area contributed by atoms with E-state index in [0.717, 1.165) is 63.4 Å². The van der Waals surface area contributed by atoms with Crippen molar-refractivity contribution < 1.29 is 34.5 Å². The van der Waals surface area contributed by atoms with Gasteiger partial charge in [-0.25, -0.2) is 4.79 Å². The number of nitrogens with one attached hydrogen (secondary N) is 1. The van der Waals surface area contributed by atoms with Gasteiger partial charge in [-0.3, -0.25) is 14.4 Å². The van der Waals surface area contributed by atoms with E-state index in [9.17, 15) is 34.5 Å². The molecule has 4 saturated carbocycles. The predicted octanol–water partition coefficient (Wildman–Crippen LogP) is 8.40. The fraction of sp³-hybridized carbons (Fsp3) is 0.689. The van der Waals surface area contributed by atoms with Gasteiger partial charge >= 0.3 is 17.9 Å². The number of hydrogen-bond acceptors (Lipinski definition) is 5. The molecule has 4 N–H and O–H groups in total. The fourth-order valence-electron chi connectivity index (χ4n) is 13.8. The zero-order chi connectivity index (χ0) is 39.4. The van der Waals surface area contributed by atoms with E-state index in [1.54, 1.807) is 12.1 Å². The summed E-state index contributed by atoms with van der Waals surface area (Å²) in [5, 5.41) is 31.2. The topological polar surface area (TPSA) is 144 Å². The van der Waals surface area contributed by atoms with Gasteiger partial charge < -0.3 is 25.5 Å². The number of benzene rings is 1. The van der Waals surface area contributed by atoms with Gasteiger partial charge in [0.15, 0.2) is 0 Å². The summed E-state index contributed by atoms with van der Waals surface area (Å²) < 4.78 is 0. The first-order chi connectivity index (χ1) is 25.3. The number of allylic oxidation sites excluding steroid dienone is 3. The van der Waals surface area contributed by atoms with Crippen LogP contribution in [-0.2, 0) is 14.4 Å². The number of fused-ring (bicyclic) bond motifs is 7. The minimum absolute atomic E-state index is 0.0655. The minimum Gasteiger partial charge on any atom is -0.481 e. The molecule has 0 spiro atoms. The van der Waals surface area contributed by atoms with Crippen molar-refractivity contribution in [3.8, 4) is 0 Å². The second-order valence-electron chi connectivity index (χ2n) is 19.2. The number of aromatic carboxylic acids is 1. The Morgan fingerprint density at radius 2 is 1.44 bits per heavy atom. The van der Waals surface area contributed by atoms with Gasteiger partial charge in [0, 0.05) is 26.2 Å². The van der Waals surface area contributed by atoms with Crippen molar-refractivity contribution in [2.45, 2.75) is 112 Å². The van der Waals surface area contributed by atoms with Crippen LogP contribution < -0.4 is 5.32 Å². The summed E-state index contributed by atoms with van der Waals surface area (Å²) >= 11 is 0. The maximum absolute atomic E-state index is 14.6. The smallest absolute Gasteiger partial charge is 0.335 e. The monoisotopic (exact) mass is 744 g/mol. The predicted molar refractivity (Wildman–Crippen MR) is 210 cm³/mol. The normalized spacial score (nSPS) is 36.5. The third-order valence-corrected chi connectivity index (χ3v) is 16.5. The lowest BCUT2D eigenvalue weighted by Crippen LogP contribution is -2.66. The Hall–Kier alpha value is -3.46. The van der Waals surface area contributed by atoms with E-state index < -0.39 is 23.3 Å². The van der Waals surface area contributed by atoms with E-state index in [0.29, 0.717) is 42.3 Å². The largest absolute Gasteiger partial charge is 0.481 e. The van der Waals surface area contributed by atoms with Gasteiger partial charge in [-0.2, -0.15) is 0 Å². The Morgan fingerprint density at radius 3 is 2.04 bits per heavy atom. The Balaban J connectivity index is 1.24. The van der Waals surface area contributed by atoms with Gasteiger partial charge in [-0.15, -0.1) is 0 Å². The highest BCUT2D eigenvalue weighted by Gasteiger charge is 2.71. The van der Waals surface area contributed by atoms with Crippen LogP contribution in [0, 0.1) is 56.7 Å². The lowest BCUT2D eigenvalue weighted by atomic mass is 9.32. The van der Waals surface area contributed by atoms with Crippen LogP contribution in [0.25, 0.3) is 5.57 Å². The summed E-state index contributed by atoms with van der Waals surface area (Å²) in [7, 11) is 0. The van der Waals surface area contributed by atoms with Gasteiger partial charge in [-0.1, -0.05) is 65.0 Å². The van der Waals surface area contributed by atoms with Gasteiger partial charge in [0.05, 0.1) is 23.8 Å². The van der Waals surface area contributed by atoms with Crippen molar-refractivity contribution in [1.82, 2.24) is 10.2 Å². The van der Waals surface area contributed by atoms with Crippen molar-refractivity contribution in [3.63, 3.8) is 0 Å². The Labute approximate surface area is 322 Å². The molecule has 4 fully saturated rings. The number of aliphatic carboxylic acids is 2. The third kappa shape index (κ3) is 6.54. The van der Waals surface area contributed by atoms with E-state index in [2.05, 4.69) is 59.5 Å². The molecule has 0 saturated heterocycles. The highest BCUT2D eigenvalue weighted by atomic mass is 16.4.